The number of nitrogens with zero attached hydrogens (tertiary/aromatic N) is 2. The van der Waals surface area contributed by atoms with Gasteiger partial charge in [-0.25, -0.2) is 4.39 Å². The van der Waals surface area contributed by atoms with Crippen LogP contribution in [-0.2, 0) is 17.5 Å². The van der Waals surface area contributed by atoms with Gasteiger partial charge in [-0.3, -0.25) is 4.90 Å². The van der Waals surface area contributed by atoms with Crippen LogP contribution < -0.4 is 5.32 Å². The molecule has 0 unspecified atom stereocenters. The average molecular weight is 490 g/mol. The summed E-state index contributed by atoms with van der Waals surface area (Å²) >= 11 is 11.4. The highest BCUT2D eigenvalue weighted by molar-refractivity contribution is 7.80. The van der Waals surface area contributed by atoms with Crippen molar-refractivity contribution in [2.75, 3.05) is 44.7 Å². The number of anilines is 1. The van der Waals surface area contributed by atoms with E-state index < -0.39 is 16.8 Å². The molecule has 1 fully saturated rings. The van der Waals surface area contributed by atoms with Crippen LogP contribution in [0.1, 0.15) is 17.5 Å². The highest BCUT2D eigenvalue weighted by Gasteiger charge is 2.33. The van der Waals surface area contributed by atoms with Crippen LogP contribution in [0.5, 0.6) is 0 Å². The minimum absolute atomic E-state index is 0.326. The van der Waals surface area contributed by atoms with Crippen LogP contribution in [-0.4, -0.2) is 54.3 Å². The van der Waals surface area contributed by atoms with Crippen LogP contribution in [0, 0.1) is 5.82 Å². The van der Waals surface area contributed by atoms with Crippen molar-refractivity contribution in [3.8, 4) is 0 Å². The van der Waals surface area contributed by atoms with Crippen molar-refractivity contribution in [1.82, 2.24) is 9.80 Å². The van der Waals surface area contributed by atoms with Crippen molar-refractivity contribution in [2.45, 2.75) is 19.1 Å². The average Bonchev–Trinajstić information content (AvgIpc) is 2.73. The Morgan fingerprint density at radius 2 is 1.91 bits per heavy atom. The third-order valence-electron chi connectivity index (χ3n) is 5.08. The van der Waals surface area contributed by atoms with Gasteiger partial charge in [0.05, 0.1) is 23.8 Å². The van der Waals surface area contributed by atoms with E-state index in [1.807, 2.05) is 4.90 Å². The zero-order chi connectivity index (χ0) is 23.1. The highest BCUT2D eigenvalue weighted by Crippen LogP contribution is 2.35. The topological polar surface area (TPSA) is 27.7 Å². The predicted octanol–water partition coefficient (Wildman–Crippen LogP) is 5.42. The number of nitrogens with one attached hydrogen (secondary N) is 1. The van der Waals surface area contributed by atoms with Gasteiger partial charge in [0.25, 0.3) is 0 Å². The molecule has 0 atom stereocenters. The lowest BCUT2D eigenvalue weighted by atomic mass is 10.2. The van der Waals surface area contributed by atoms with Crippen LogP contribution in [0.2, 0.25) is 5.02 Å². The Labute approximate surface area is 195 Å². The maximum atomic E-state index is 13.6. The van der Waals surface area contributed by atoms with Crippen molar-refractivity contribution in [2.24, 2.45) is 0 Å². The summed E-state index contributed by atoms with van der Waals surface area (Å²) in [4.78, 5) is 4.17. The van der Waals surface area contributed by atoms with E-state index in [1.165, 1.54) is 24.3 Å². The molecule has 3 rings (SSSR count). The lowest BCUT2D eigenvalue weighted by Gasteiger charge is -2.29. The van der Waals surface area contributed by atoms with Crippen LogP contribution >= 0.6 is 23.8 Å². The molecule has 2 aromatic rings. The molecule has 1 N–H and O–H groups in total. The van der Waals surface area contributed by atoms with Gasteiger partial charge in [-0.1, -0.05) is 23.7 Å². The number of morpholine rings is 1. The maximum Gasteiger partial charge on any atom is 0.417 e. The Morgan fingerprint density at radius 3 is 2.56 bits per heavy atom. The monoisotopic (exact) mass is 489 g/mol. The van der Waals surface area contributed by atoms with Crippen molar-refractivity contribution < 1.29 is 22.3 Å². The van der Waals surface area contributed by atoms with Gasteiger partial charge in [-0.05, 0) is 54.5 Å². The largest absolute Gasteiger partial charge is 0.417 e. The molecule has 1 aliphatic heterocycles. The van der Waals surface area contributed by atoms with Crippen molar-refractivity contribution in [3.63, 3.8) is 0 Å². The van der Waals surface area contributed by atoms with Crippen molar-refractivity contribution >= 4 is 34.6 Å². The van der Waals surface area contributed by atoms with E-state index in [0.29, 0.717) is 37.1 Å². The number of hydrogen-bond acceptors (Lipinski definition) is 3. The summed E-state index contributed by atoms with van der Waals surface area (Å²) < 4.78 is 57.9. The second kappa shape index (κ2) is 11.3. The Morgan fingerprint density at radius 1 is 1.16 bits per heavy atom. The number of halogens is 5. The minimum atomic E-state index is -4.53. The van der Waals surface area contributed by atoms with E-state index in [4.69, 9.17) is 28.6 Å². The molecule has 1 heterocycles. The van der Waals surface area contributed by atoms with Gasteiger partial charge >= 0.3 is 6.18 Å². The van der Waals surface area contributed by atoms with Gasteiger partial charge < -0.3 is 15.0 Å². The quantitative estimate of drug-likeness (QED) is 0.414. The fraction of sp³-hybridized carbons (Fsp3) is 0.409. The second-order valence-electron chi connectivity index (χ2n) is 7.48. The smallest absolute Gasteiger partial charge is 0.379 e. The fourth-order valence-corrected chi connectivity index (χ4v) is 4.00. The van der Waals surface area contributed by atoms with Gasteiger partial charge in [0.15, 0.2) is 5.11 Å². The summed E-state index contributed by atoms with van der Waals surface area (Å²) in [5.41, 5.74) is 0.189. The molecule has 1 saturated heterocycles. The molecule has 0 spiro atoms. The molecule has 0 aliphatic carbocycles. The molecule has 1 aliphatic rings. The molecule has 0 saturated carbocycles. The van der Waals surface area contributed by atoms with Crippen LogP contribution in [0.3, 0.4) is 0 Å². The van der Waals surface area contributed by atoms with E-state index in [0.717, 1.165) is 37.7 Å². The third kappa shape index (κ3) is 7.30. The van der Waals surface area contributed by atoms with Gasteiger partial charge in [0.2, 0.25) is 0 Å². The highest BCUT2D eigenvalue weighted by atomic mass is 35.5. The van der Waals surface area contributed by atoms with Crippen molar-refractivity contribution in [3.05, 3.63) is 64.4 Å². The Bertz CT molecular complexity index is 922. The maximum absolute atomic E-state index is 13.6. The van der Waals surface area contributed by atoms with Gasteiger partial charge in [-0.2, -0.15) is 13.2 Å². The summed E-state index contributed by atoms with van der Waals surface area (Å²) in [6, 6.07) is 9.64. The first-order valence-electron chi connectivity index (χ1n) is 10.2. The lowest BCUT2D eigenvalue weighted by molar-refractivity contribution is -0.137. The molecule has 0 aromatic heterocycles. The summed E-state index contributed by atoms with van der Waals surface area (Å²) in [6.45, 7) is 4.98. The first kappa shape index (κ1) is 24.7. The molecular weight excluding hydrogens is 466 g/mol. The second-order valence-corrected chi connectivity index (χ2v) is 8.28. The number of thiocarbonyl (C=S) groups is 1. The summed E-state index contributed by atoms with van der Waals surface area (Å²) in [5.74, 6) is -0.343. The first-order valence-corrected chi connectivity index (χ1v) is 11.0. The number of benzene rings is 2. The molecule has 0 bridgehead atoms. The minimum Gasteiger partial charge on any atom is -0.379 e. The lowest BCUT2D eigenvalue weighted by Crippen LogP contribution is -2.40. The standard InChI is InChI=1S/C22H24ClF4N3OS/c23-20-14-18(5-6-19(20)22(25,26)27)28-21(32)30(15-16-3-1-4-17(24)13-16)8-2-7-29-9-11-31-12-10-29/h1,3-6,13-14H,2,7-12,15H2,(H,28,32). The third-order valence-corrected chi connectivity index (χ3v) is 5.75. The van der Waals surface area contributed by atoms with Crippen LogP contribution in [0.25, 0.3) is 0 Å². The first-order chi connectivity index (χ1) is 15.2. The zero-order valence-electron chi connectivity index (χ0n) is 17.3. The molecule has 174 valence electrons. The molecule has 2 aromatic carbocycles. The number of alkyl halides is 3. The van der Waals surface area contributed by atoms with Crippen LogP contribution in [0.4, 0.5) is 23.2 Å². The Kier molecular flexibility index (Phi) is 8.70. The Balaban J connectivity index is 1.68. The van der Waals surface area contributed by atoms with E-state index >= 15 is 0 Å². The SMILES string of the molecule is Fc1cccc(CN(CCCN2CCOCC2)C(=S)Nc2ccc(C(F)(F)F)c(Cl)c2)c1. The van der Waals surface area contributed by atoms with Gasteiger partial charge in [0.1, 0.15) is 5.82 Å². The number of hydrogen-bond donors (Lipinski definition) is 1. The molecular formula is C22H24ClF4N3OS. The van der Waals surface area contributed by atoms with E-state index in [-0.39, 0.29) is 5.82 Å². The van der Waals surface area contributed by atoms with Gasteiger partial charge in [-0.15, -0.1) is 0 Å². The summed E-state index contributed by atoms with van der Waals surface area (Å²) in [7, 11) is 0. The number of ether oxygens (including phenoxy) is 1. The molecule has 4 nitrogen and oxygen atoms in total. The van der Waals surface area contributed by atoms with Crippen LogP contribution in [0.15, 0.2) is 42.5 Å². The molecule has 10 heteroatoms. The summed E-state index contributed by atoms with van der Waals surface area (Å²) in [6.07, 6.45) is -3.72. The normalized spacial score (nSPS) is 14.9. The zero-order valence-corrected chi connectivity index (χ0v) is 18.9. The van der Waals surface area contributed by atoms with Crippen molar-refractivity contribution in [1.29, 1.82) is 0 Å². The van der Waals surface area contributed by atoms with E-state index in [2.05, 4.69) is 10.2 Å². The fourth-order valence-electron chi connectivity index (χ4n) is 3.44. The Hall–Kier alpha value is -1.94. The van der Waals surface area contributed by atoms with E-state index in [9.17, 15) is 17.6 Å². The molecule has 32 heavy (non-hydrogen) atoms. The molecule has 0 amide bonds. The van der Waals surface area contributed by atoms with E-state index in [1.54, 1.807) is 12.1 Å². The van der Waals surface area contributed by atoms with Gasteiger partial charge in [0, 0.05) is 38.4 Å². The summed E-state index contributed by atoms with van der Waals surface area (Å²) in [5, 5.41) is 2.88. The number of rotatable bonds is 7. The predicted molar refractivity (Wildman–Crippen MR) is 121 cm³/mol. The molecule has 0 radical (unpaired) electrons.